The first-order valence-corrected chi connectivity index (χ1v) is 8.60. The van der Waals surface area contributed by atoms with Gasteiger partial charge in [-0.05, 0) is 26.0 Å². The molecule has 0 unspecified atom stereocenters. The van der Waals surface area contributed by atoms with E-state index in [9.17, 15) is 9.59 Å². The number of ether oxygens (including phenoxy) is 1. The van der Waals surface area contributed by atoms with Crippen LogP contribution in [0.1, 0.15) is 30.7 Å². The van der Waals surface area contributed by atoms with Crippen molar-refractivity contribution in [2.24, 2.45) is 0 Å². The van der Waals surface area contributed by atoms with Crippen LogP contribution in [0.4, 0.5) is 5.13 Å². The van der Waals surface area contributed by atoms with Gasteiger partial charge in [-0.15, -0.1) is 0 Å². The molecular weight excluding hydrogens is 348 g/mol. The molecule has 3 aromatic rings. The second-order valence-electron chi connectivity index (χ2n) is 4.88. The number of hydrogen-bond donors (Lipinski definition) is 1. The Balaban J connectivity index is 1.82. The molecule has 3 aromatic heterocycles. The minimum atomic E-state index is -0.464. The number of hydrogen-bond acceptors (Lipinski definition) is 7. The van der Waals surface area contributed by atoms with Gasteiger partial charge in [-0.1, -0.05) is 22.7 Å². The molecule has 7 nitrogen and oxygen atoms in total. The van der Waals surface area contributed by atoms with Crippen molar-refractivity contribution in [3.63, 3.8) is 0 Å². The Morgan fingerprint density at radius 2 is 1.75 bits per heavy atom. The molecule has 0 spiro atoms. The lowest BCUT2D eigenvalue weighted by molar-refractivity contribution is 0.0605. The molecule has 0 saturated carbocycles. The number of aryl methyl sites for hydroxylation is 2. The summed E-state index contributed by atoms with van der Waals surface area (Å²) in [5.74, 6) is -0.761. The van der Waals surface area contributed by atoms with Crippen molar-refractivity contribution in [1.82, 2.24) is 14.5 Å². The van der Waals surface area contributed by atoms with E-state index in [4.69, 9.17) is 4.74 Å². The zero-order valence-electron chi connectivity index (χ0n) is 13.2. The van der Waals surface area contributed by atoms with Gasteiger partial charge in [0, 0.05) is 12.4 Å². The lowest BCUT2D eigenvalue weighted by Crippen LogP contribution is -2.11. The zero-order chi connectivity index (χ0) is 17.3. The molecule has 1 N–H and O–H groups in total. The standard InChI is InChI=1S/C15H14N4O3S2/c1-8-10(24-15(17-8)19-6-4-5-7-19)12(20)18-14-16-9(2)11(23-14)13(21)22-3/h4-7H,1-3H3,(H,16,18,20). The predicted molar refractivity (Wildman–Crippen MR) is 92.3 cm³/mol. The molecule has 0 aliphatic carbocycles. The van der Waals surface area contributed by atoms with Crippen molar-refractivity contribution >= 4 is 39.7 Å². The first-order valence-electron chi connectivity index (χ1n) is 6.97. The van der Waals surface area contributed by atoms with Crippen LogP contribution in [0.15, 0.2) is 24.5 Å². The first kappa shape index (κ1) is 16.3. The summed E-state index contributed by atoms with van der Waals surface area (Å²) in [5, 5.41) is 3.79. The maximum Gasteiger partial charge on any atom is 0.350 e. The average Bonchev–Trinajstić information content (AvgIpc) is 3.26. The van der Waals surface area contributed by atoms with Crippen LogP contribution in [-0.2, 0) is 4.74 Å². The number of amides is 1. The fourth-order valence-corrected chi connectivity index (χ4v) is 3.86. The number of nitrogens with zero attached hydrogens (tertiary/aromatic N) is 3. The Kier molecular flexibility index (Phi) is 4.45. The third-order valence-corrected chi connectivity index (χ3v) is 5.43. The number of thiazole rings is 2. The predicted octanol–water partition coefficient (Wildman–Crippen LogP) is 3.05. The van der Waals surface area contributed by atoms with E-state index >= 15 is 0 Å². The summed E-state index contributed by atoms with van der Waals surface area (Å²) >= 11 is 2.38. The van der Waals surface area contributed by atoms with Crippen LogP contribution in [0.5, 0.6) is 0 Å². The maximum atomic E-state index is 12.5. The number of carbonyl (C=O) groups is 2. The SMILES string of the molecule is COC(=O)c1sc(NC(=O)c2sc(-n3cccc3)nc2C)nc1C. The highest BCUT2D eigenvalue weighted by Gasteiger charge is 2.20. The molecule has 0 aliphatic rings. The Labute approximate surface area is 145 Å². The Hall–Kier alpha value is -2.52. The van der Waals surface area contributed by atoms with Gasteiger partial charge >= 0.3 is 5.97 Å². The molecule has 124 valence electrons. The van der Waals surface area contributed by atoms with Crippen molar-refractivity contribution in [3.05, 3.63) is 45.7 Å². The molecule has 0 atom stereocenters. The molecule has 3 heterocycles. The van der Waals surface area contributed by atoms with Crippen LogP contribution < -0.4 is 5.32 Å². The minimum Gasteiger partial charge on any atom is -0.465 e. The number of methoxy groups -OCH3 is 1. The van der Waals surface area contributed by atoms with Gasteiger partial charge in [-0.2, -0.15) is 0 Å². The normalized spacial score (nSPS) is 10.6. The summed E-state index contributed by atoms with van der Waals surface area (Å²) in [6.45, 7) is 3.48. The van der Waals surface area contributed by atoms with E-state index in [-0.39, 0.29) is 5.91 Å². The number of esters is 1. The molecule has 0 aromatic carbocycles. The fourth-order valence-electron chi connectivity index (χ4n) is 2.05. The highest BCUT2D eigenvalue weighted by molar-refractivity contribution is 7.18. The third kappa shape index (κ3) is 3.08. The van der Waals surface area contributed by atoms with Gasteiger partial charge in [0.1, 0.15) is 9.75 Å². The molecule has 0 fully saturated rings. The van der Waals surface area contributed by atoms with Gasteiger partial charge in [-0.25, -0.2) is 14.8 Å². The van der Waals surface area contributed by atoms with E-state index in [0.29, 0.717) is 31.4 Å². The summed E-state index contributed by atoms with van der Waals surface area (Å²) in [4.78, 5) is 33.6. The minimum absolute atomic E-state index is 0.298. The van der Waals surface area contributed by atoms with E-state index in [1.807, 2.05) is 29.1 Å². The van der Waals surface area contributed by atoms with Crippen LogP contribution in [0, 0.1) is 13.8 Å². The molecule has 3 rings (SSSR count). The largest absolute Gasteiger partial charge is 0.465 e. The topological polar surface area (TPSA) is 86.1 Å². The van der Waals surface area contributed by atoms with Crippen LogP contribution in [0.3, 0.4) is 0 Å². The summed E-state index contributed by atoms with van der Waals surface area (Å²) < 4.78 is 6.54. The van der Waals surface area contributed by atoms with E-state index in [1.165, 1.54) is 18.4 Å². The highest BCUT2D eigenvalue weighted by atomic mass is 32.1. The Bertz CT molecular complexity index is 896. The Morgan fingerprint density at radius 3 is 2.42 bits per heavy atom. The van der Waals surface area contributed by atoms with Crippen molar-refractivity contribution in [2.45, 2.75) is 13.8 Å². The number of anilines is 1. The number of nitrogens with one attached hydrogen (secondary N) is 1. The third-order valence-electron chi connectivity index (χ3n) is 3.20. The second-order valence-corrected chi connectivity index (χ2v) is 6.86. The lowest BCUT2D eigenvalue weighted by atomic mass is 10.4. The van der Waals surface area contributed by atoms with Crippen molar-refractivity contribution in [2.75, 3.05) is 12.4 Å². The molecule has 0 bridgehead atoms. The van der Waals surface area contributed by atoms with E-state index in [0.717, 1.165) is 11.3 Å². The van der Waals surface area contributed by atoms with E-state index < -0.39 is 5.97 Å². The molecule has 9 heteroatoms. The van der Waals surface area contributed by atoms with E-state index in [2.05, 4.69) is 15.3 Å². The zero-order valence-corrected chi connectivity index (χ0v) is 14.8. The van der Waals surface area contributed by atoms with Gasteiger partial charge in [-0.3, -0.25) is 10.1 Å². The number of rotatable bonds is 4. The van der Waals surface area contributed by atoms with Gasteiger partial charge in [0.25, 0.3) is 5.91 Å². The van der Waals surface area contributed by atoms with Crippen LogP contribution in [0.2, 0.25) is 0 Å². The van der Waals surface area contributed by atoms with Gasteiger partial charge in [0.05, 0.1) is 18.5 Å². The van der Waals surface area contributed by atoms with Crippen LogP contribution in [-0.4, -0.2) is 33.5 Å². The van der Waals surface area contributed by atoms with Crippen molar-refractivity contribution in [3.8, 4) is 5.13 Å². The van der Waals surface area contributed by atoms with Crippen molar-refractivity contribution < 1.29 is 14.3 Å². The molecule has 1 amide bonds. The van der Waals surface area contributed by atoms with Crippen LogP contribution >= 0.6 is 22.7 Å². The number of aromatic nitrogens is 3. The molecule has 0 aliphatic heterocycles. The van der Waals surface area contributed by atoms with Crippen LogP contribution in [0.25, 0.3) is 5.13 Å². The first-order chi connectivity index (χ1) is 11.5. The smallest absolute Gasteiger partial charge is 0.350 e. The van der Waals surface area contributed by atoms with Gasteiger partial charge < -0.3 is 9.30 Å². The van der Waals surface area contributed by atoms with Gasteiger partial charge in [0.2, 0.25) is 0 Å². The molecule has 0 saturated heterocycles. The molecule has 0 radical (unpaired) electrons. The highest BCUT2D eigenvalue weighted by Crippen LogP contribution is 2.26. The van der Waals surface area contributed by atoms with Gasteiger partial charge in [0.15, 0.2) is 10.3 Å². The summed E-state index contributed by atoms with van der Waals surface area (Å²) in [6.07, 6.45) is 3.74. The lowest BCUT2D eigenvalue weighted by Gasteiger charge is -1.98. The second kappa shape index (κ2) is 6.54. The fraction of sp³-hybridized carbons (Fsp3) is 0.200. The number of carbonyl (C=O) groups excluding carboxylic acids is 2. The van der Waals surface area contributed by atoms with Crippen molar-refractivity contribution in [1.29, 1.82) is 0 Å². The monoisotopic (exact) mass is 362 g/mol. The summed E-state index contributed by atoms with van der Waals surface area (Å²) in [7, 11) is 1.31. The van der Waals surface area contributed by atoms with E-state index in [1.54, 1.807) is 13.8 Å². The summed E-state index contributed by atoms with van der Waals surface area (Å²) in [6, 6.07) is 3.78. The summed E-state index contributed by atoms with van der Waals surface area (Å²) in [5.41, 5.74) is 1.17. The molecular formula is C15H14N4O3S2. The molecule has 24 heavy (non-hydrogen) atoms. The Morgan fingerprint density at radius 1 is 1.08 bits per heavy atom. The quantitative estimate of drug-likeness (QED) is 0.721. The average molecular weight is 362 g/mol. The maximum absolute atomic E-state index is 12.5.